The minimum absolute atomic E-state index is 0.104. The highest BCUT2D eigenvalue weighted by atomic mass is 16.5. The van der Waals surface area contributed by atoms with Gasteiger partial charge in [-0.05, 0) is 68.8 Å². The lowest BCUT2D eigenvalue weighted by molar-refractivity contribution is -0.114. The van der Waals surface area contributed by atoms with Crippen molar-refractivity contribution in [2.45, 2.75) is 39.7 Å². The zero-order valence-electron chi connectivity index (χ0n) is 15.7. The summed E-state index contributed by atoms with van der Waals surface area (Å²) in [6.07, 6.45) is 2.28. The molecule has 0 bridgehead atoms. The first-order valence-electron chi connectivity index (χ1n) is 9.10. The maximum atomic E-state index is 12.1. The lowest BCUT2D eigenvalue weighted by Crippen LogP contribution is -2.21. The Bertz CT molecular complexity index is 667. The van der Waals surface area contributed by atoms with E-state index < -0.39 is 0 Å². The molecule has 2 aromatic rings. The number of carbonyl (C=O) groups excluding carboxylic acids is 1. The fraction of sp³-hybridized carbons (Fsp3) is 0.381. The minimum Gasteiger partial charge on any atom is -0.494 e. The van der Waals surface area contributed by atoms with Gasteiger partial charge in [-0.15, -0.1) is 0 Å². The third-order valence-corrected chi connectivity index (χ3v) is 3.58. The summed E-state index contributed by atoms with van der Waals surface area (Å²) < 4.78 is 11.2. The van der Waals surface area contributed by atoms with Crippen LogP contribution in [0.15, 0.2) is 48.5 Å². The van der Waals surface area contributed by atoms with E-state index in [1.165, 1.54) is 0 Å². The Morgan fingerprint density at radius 1 is 0.962 bits per heavy atom. The van der Waals surface area contributed by atoms with Gasteiger partial charge >= 0.3 is 0 Å². The molecule has 0 radical (unpaired) electrons. The molecule has 5 heteroatoms. The molecule has 0 unspecified atom stereocenters. The van der Waals surface area contributed by atoms with Crippen LogP contribution < -0.4 is 20.1 Å². The number of benzene rings is 2. The summed E-state index contributed by atoms with van der Waals surface area (Å²) in [5, 5.41) is 5.96. The number of unbranched alkanes of at least 4 members (excludes halogenated alkanes) is 1. The molecule has 140 valence electrons. The summed E-state index contributed by atoms with van der Waals surface area (Å²) in [5.74, 6) is 1.53. The van der Waals surface area contributed by atoms with Gasteiger partial charge in [0, 0.05) is 11.4 Å². The Morgan fingerprint density at radius 2 is 1.58 bits per heavy atom. The van der Waals surface area contributed by atoms with Crippen LogP contribution in [0.3, 0.4) is 0 Å². The largest absolute Gasteiger partial charge is 0.494 e. The number of anilines is 2. The summed E-state index contributed by atoms with van der Waals surface area (Å²) >= 11 is 0. The van der Waals surface area contributed by atoms with Crippen LogP contribution in [0.4, 0.5) is 11.4 Å². The Hall–Kier alpha value is -2.69. The highest BCUT2D eigenvalue weighted by Gasteiger charge is 2.04. The van der Waals surface area contributed by atoms with E-state index in [1.807, 2.05) is 62.4 Å². The van der Waals surface area contributed by atoms with Gasteiger partial charge in [0.15, 0.2) is 0 Å². The average molecular weight is 356 g/mol. The first kappa shape index (κ1) is 19.6. The lowest BCUT2D eigenvalue weighted by Gasteiger charge is -2.11. The highest BCUT2D eigenvalue weighted by Crippen LogP contribution is 2.18. The Kier molecular flexibility index (Phi) is 7.80. The summed E-state index contributed by atoms with van der Waals surface area (Å²) in [6.45, 7) is 7.01. The molecule has 0 aliphatic heterocycles. The maximum Gasteiger partial charge on any atom is 0.243 e. The summed E-state index contributed by atoms with van der Waals surface area (Å²) in [7, 11) is 0. The van der Waals surface area contributed by atoms with Gasteiger partial charge in [-0.2, -0.15) is 0 Å². The topological polar surface area (TPSA) is 59.6 Å². The van der Waals surface area contributed by atoms with Crippen molar-refractivity contribution in [3.05, 3.63) is 48.5 Å². The van der Waals surface area contributed by atoms with E-state index >= 15 is 0 Å². The van der Waals surface area contributed by atoms with E-state index in [0.29, 0.717) is 6.61 Å². The van der Waals surface area contributed by atoms with Gasteiger partial charge in [0.25, 0.3) is 0 Å². The molecule has 0 heterocycles. The number of carbonyl (C=O) groups is 1. The number of nitrogens with one attached hydrogen (secondary N) is 2. The normalized spacial score (nSPS) is 10.5. The highest BCUT2D eigenvalue weighted by molar-refractivity contribution is 5.93. The number of hydrogen-bond acceptors (Lipinski definition) is 4. The minimum atomic E-state index is -0.104. The van der Waals surface area contributed by atoms with Crippen LogP contribution in [-0.4, -0.2) is 25.2 Å². The molecule has 2 aromatic carbocycles. The number of rotatable bonds is 10. The third kappa shape index (κ3) is 7.05. The summed E-state index contributed by atoms with van der Waals surface area (Å²) in [5.41, 5.74) is 1.62. The van der Waals surface area contributed by atoms with E-state index in [2.05, 4.69) is 17.6 Å². The molecule has 5 nitrogen and oxygen atoms in total. The van der Waals surface area contributed by atoms with Gasteiger partial charge in [0.2, 0.25) is 5.91 Å². The quantitative estimate of drug-likeness (QED) is 0.606. The zero-order chi connectivity index (χ0) is 18.8. The SMILES string of the molecule is CCCCOc1ccc(NC(=O)CNc2ccc(OC(C)C)cc2)cc1. The first-order valence-corrected chi connectivity index (χ1v) is 9.10. The van der Waals surface area contributed by atoms with Crippen LogP contribution >= 0.6 is 0 Å². The van der Waals surface area contributed by atoms with Crippen molar-refractivity contribution >= 4 is 17.3 Å². The standard InChI is InChI=1S/C21H28N2O3/c1-4-5-14-25-19-10-8-18(9-11-19)23-21(24)15-22-17-6-12-20(13-7-17)26-16(2)3/h6-13,16,22H,4-5,14-15H2,1-3H3,(H,23,24). The molecule has 0 aliphatic rings. The van der Waals surface area contributed by atoms with Crippen molar-refractivity contribution in [1.29, 1.82) is 0 Å². The van der Waals surface area contributed by atoms with Gasteiger partial charge < -0.3 is 20.1 Å². The second-order valence-electron chi connectivity index (χ2n) is 6.32. The molecule has 0 spiro atoms. The van der Waals surface area contributed by atoms with Crippen molar-refractivity contribution < 1.29 is 14.3 Å². The molecule has 0 aliphatic carbocycles. The molecule has 2 rings (SSSR count). The van der Waals surface area contributed by atoms with Crippen molar-refractivity contribution in [3.8, 4) is 11.5 Å². The van der Waals surface area contributed by atoms with Crippen LogP contribution in [0.5, 0.6) is 11.5 Å². The predicted octanol–water partition coefficient (Wildman–Crippen LogP) is 4.70. The second-order valence-corrected chi connectivity index (χ2v) is 6.32. The molecule has 0 saturated heterocycles. The third-order valence-electron chi connectivity index (χ3n) is 3.58. The van der Waals surface area contributed by atoms with Crippen LogP contribution in [0, 0.1) is 0 Å². The number of amides is 1. The predicted molar refractivity (Wildman–Crippen MR) is 106 cm³/mol. The van der Waals surface area contributed by atoms with Crippen molar-refractivity contribution in [2.75, 3.05) is 23.8 Å². The Morgan fingerprint density at radius 3 is 2.19 bits per heavy atom. The van der Waals surface area contributed by atoms with Gasteiger partial charge in [0.05, 0.1) is 19.3 Å². The van der Waals surface area contributed by atoms with E-state index in [0.717, 1.165) is 35.7 Å². The molecular weight excluding hydrogens is 328 g/mol. The molecule has 0 saturated carbocycles. The summed E-state index contributed by atoms with van der Waals surface area (Å²) in [4.78, 5) is 12.1. The smallest absolute Gasteiger partial charge is 0.243 e. The maximum absolute atomic E-state index is 12.1. The second kappa shape index (κ2) is 10.3. The molecule has 26 heavy (non-hydrogen) atoms. The monoisotopic (exact) mass is 356 g/mol. The van der Waals surface area contributed by atoms with E-state index in [-0.39, 0.29) is 18.6 Å². The Balaban J connectivity index is 1.76. The first-order chi connectivity index (χ1) is 12.6. The van der Waals surface area contributed by atoms with Crippen LogP contribution in [0.1, 0.15) is 33.6 Å². The van der Waals surface area contributed by atoms with Crippen LogP contribution in [0.25, 0.3) is 0 Å². The van der Waals surface area contributed by atoms with Gasteiger partial charge in [0.1, 0.15) is 11.5 Å². The fourth-order valence-electron chi connectivity index (χ4n) is 2.28. The molecule has 0 atom stereocenters. The zero-order valence-corrected chi connectivity index (χ0v) is 15.7. The molecule has 0 aromatic heterocycles. The van der Waals surface area contributed by atoms with E-state index in [9.17, 15) is 4.79 Å². The molecule has 1 amide bonds. The number of hydrogen-bond donors (Lipinski definition) is 2. The van der Waals surface area contributed by atoms with Gasteiger partial charge in [-0.1, -0.05) is 13.3 Å². The van der Waals surface area contributed by atoms with Crippen LogP contribution in [-0.2, 0) is 4.79 Å². The van der Waals surface area contributed by atoms with Crippen molar-refractivity contribution in [3.63, 3.8) is 0 Å². The lowest BCUT2D eigenvalue weighted by atomic mass is 10.3. The molecule has 2 N–H and O–H groups in total. The van der Waals surface area contributed by atoms with Crippen molar-refractivity contribution in [1.82, 2.24) is 0 Å². The van der Waals surface area contributed by atoms with Gasteiger partial charge in [-0.25, -0.2) is 0 Å². The number of ether oxygens (including phenoxy) is 2. The summed E-state index contributed by atoms with van der Waals surface area (Å²) in [6, 6.07) is 15.0. The van der Waals surface area contributed by atoms with Crippen LogP contribution in [0.2, 0.25) is 0 Å². The van der Waals surface area contributed by atoms with E-state index in [1.54, 1.807) is 0 Å². The molecule has 0 fully saturated rings. The Labute approximate surface area is 155 Å². The van der Waals surface area contributed by atoms with E-state index in [4.69, 9.17) is 9.47 Å². The van der Waals surface area contributed by atoms with Gasteiger partial charge in [-0.3, -0.25) is 4.79 Å². The molecular formula is C21H28N2O3. The van der Waals surface area contributed by atoms with Crippen molar-refractivity contribution in [2.24, 2.45) is 0 Å². The average Bonchev–Trinajstić information content (AvgIpc) is 2.62. The fourth-order valence-corrected chi connectivity index (χ4v) is 2.28.